The Bertz CT molecular complexity index is 9780. The molecular weight excluding hydrogens is 1570 g/mol. The second-order valence-electron chi connectivity index (χ2n) is 28.2. The van der Waals surface area contributed by atoms with E-state index in [4.69, 9.17) is 19.9 Å². The fourth-order valence-electron chi connectivity index (χ4n) is 18.3. The van der Waals surface area contributed by atoms with E-state index in [1.807, 2.05) is 12.1 Å². The van der Waals surface area contributed by atoms with Crippen LogP contribution >= 0.6 is 68.0 Å². The van der Waals surface area contributed by atoms with E-state index in [1.54, 1.807) is 68.8 Å². The molecule has 6 N–H and O–H groups in total. The number of fused-ring (bicyclic) bond motifs is 21. The molecule has 0 fully saturated rings. The molecule has 1 aliphatic heterocycles. The van der Waals surface area contributed by atoms with E-state index >= 15 is 14.4 Å². The molecule has 0 bridgehead atoms. The quantitative estimate of drug-likeness (QED) is 0.0842. The number of pyridine rings is 7. The Morgan fingerprint density at radius 2 is 0.632 bits per heavy atom. The molecule has 25 aromatic rings. The largest absolute Gasteiger partial charge is 0.337 e. The molecule has 0 aliphatic carbocycles. The number of aromatic amines is 5. The van der Waals surface area contributed by atoms with Gasteiger partial charge in [0, 0.05) is 142 Å². The number of hydrogen-bond acceptors (Lipinski definition) is 23. The van der Waals surface area contributed by atoms with E-state index in [0.29, 0.717) is 32.4 Å². The van der Waals surface area contributed by atoms with Crippen LogP contribution in [0.2, 0.25) is 0 Å². The van der Waals surface area contributed by atoms with Gasteiger partial charge in [0.05, 0.1) is 70.0 Å². The van der Waals surface area contributed by atoms with E-state index in [1.165, 1.54) is 92.8 Å². The molecule has 0 radical (unpaired) electrons. The first kappa shape index (κ1) is 62.4. The van der Waals surface area contributed by atoms with Gasteiger partial charge in [-0.1, -0.05) is 6.07 Å². The van der Waals surface area contributed by atoms with Crippen molar-refractivity contribution < 1.29 is 4.79 Å². The third kappa shape index (κ3) is 7.37. The van der Waals surface area contributed by atoms with Gasteiger partial charge in [-0.25, -0.2) is 19.9 Å². The maximum absolute atomic E-state index is 15.9. The summed E-state index contributed by atoms with van der Waals surface area (Å²) in [6, 6.07) is 37.6. The summed E-state index contributed by atoms with van der Waals surface area (Å²) in [5.41, 5.74) is -10.5. The highest BCUT2D eigenvalue weighted by Crippen LogP contribution is 2.50. The highest BCUT2D eigenvalue weighted by Gasteiger charge is 2.36. The average Bonchev–Trinajstić information content (AvgIpc) is 1.45. The highest BCUT2D eigenvalue weighted by atomic mass is 32.1. The average molecular weight is 1600 g/mol. The van der Waals surface area contributed by atoms with E-state index in [0.717, 1.165) is 23.9 Å². The summed E-state index contributed by atoms with van der Waals surface area (Å²) in [5, 5.41) is 4.36. The number of amidine groups is 1. The van der Waals surface area contributed by atoms with Gasteiger partial charge in [0.25, 0.3) is 67.1 Å². The molecule has 26 nitrogen and oxygen atoms in total. The molecule has 1 aliphatic rings. The lowest BCUT2D eigenvalue weighted by Crippen LogP contribution is -2.35. The molecule has 1 amide bonds. The van der Waals surface area contributed by atoms with Crippen LogP contribution in [0.5, 0.6) is 0 Å². The summed E-state index contributed by atoms with van der Waals surface area (Å²) in [7, 11) is 1.51. The maximum Gasteiger partial charge on any atom is 0.264 e. The predicted molar refractivity (Wildman–Crippen MR) is 452 cm³/mol. The molecule has 32 heteroatoms. The van der Waals surface area contributed by atoms with Crippen LogP contribution in [0.15, 0.2) is 184 Å². The molecule has 0 saturated carbocycles. The normalized spacial score (nSPS) is 13.6. The van der Waals surface area contributed by atoms with Gasteiger partial charge in [0.15, 0.2) is 0 Å². The predicted octanol–water partition coefficient (Wildman–Crippen LogP) is 12.5. The molecule has 17 aromatic heterocycles. The van der Waals surface area contributed by atoms with Crippen molar-refractivity contribution >= 4 is 259 Å². The fourth-order valence-corrected chi connectivity index (χ4v) is 24.5. The van der Waals surface area contributed by atoms with Crippen LogP contribution in [0.25, 0.3) is 239 Å². The number of carbonyl (C=O) groups excluding carboxylic acids is 1. The number of hydrogen-bond donors (Lipinski definition) is 6. The summed E-state index contributed by atoms with van der Waals surface area (Å²) < 4.78 is 3.49. The van der Waals surface area contributed by atoms with Gasteiger partial charge in [-0.2, -0.15) is 0 Å². The molecule has 114 heavy (non-hydrogen) atoms. The van der Waals surface area contributed by atoms with Crippen molar-refractivity contribution in [2.75, 3.05) is 7.05 Å². The van der Waals surface area contributed by atoms with Gasteiger partial charge >= 0.3 is 0 Å². The topological polar surface area (TPSA) is 373 Å². The van der Waals surface area contributed by atoms with Crippen LogP contribution in [0.1, 0.15) is 15.9 Å². The summed E-state index contributed by atoms with van der Waals surface area (Å²) in [6.45, 7) is 0. The number of amides is 1. The van der Waals surface area contributed by atoms with Crippen LogP contribution in [-0.2, 0) is 0 Å². The van der Waals surface area contributed by atoms with E-state index in [2.05, 4.69) is 101 Å². The Morgan fingerprint density at radius 3 is 1.04 bits per heavy atom. The van der Waals surface area contributed by atoms with E-state index < -0.39 is 67.1 Å². The molecule has 0 spiro atoms. The zero-order chi connectivity index (χ0) is 76.2. The molecule has 0 saturated heterocycles. The summed E-state index contributed by atoms with van der Waals surface area (Å²) in [4.78, 5) is 228. The molecule has 26 rings (SSSR count). The third-order valence-corrected chi connectivity index (χ3v) is 30.0. The van der Waals surface area contributed by atoms with Crippen molar-refractivity contribution in [2.45, 2.75) is 0 Å². The van der Waals surface area contributed by atoms with Gasteiger partial charge in [0.2, 0.25) is 0 Å². The smallest absolute Gasteiger partial charge is 0.264 e. The Hall–Kier alpha value is -14.4. The summed E-state index contributed by atoms with van der Waals surface area (Å²) in [5.74, 6) is 0.0971. The molecular formula is C82H30N14O12S6. The first-order chi connectivity index (χ1) is 55.5. The molecule has 18 heterocycles. The zero-order valence-electron chi connectivity index (χ0n) is 57.1. The minimum atomic E-state index is -1.02. The Kier molecular flexibility index (Phi) is 11.4. The van der Waals surface area contributed by atoms with Crippen molar-refractivity contribution in [3.8, 4) is 59.5 Å². The SMILES string of the molecule is CN=C1NC(=O)c2ccc3c(=O)n4c(nc5c6c(=O)[nH]c(=O)c7c6c6c(c(=O)[nH]c(=O)c6c54)c4nc5c6ccc8c(=O)n9c(nc%10c%11c(=O)[nH]c(=O)c%12c%13[nH]c(-c%14ccc(-c%15ccc(-c%16ccc(-c%17ccc(-c%18ccc(-c%19cccs%19)s%18)s%17)s%16)s%15)s%14)nc%13c%13c(=O)[nH]c(=O)c(c%13c%11%12)c%109)c9ccc(c(=O)n5c47)c6c89)c4ccc1c2c34. The number of carbonyl (C=O) groups is 1. The van der Waals surface area contributed by atoms with Crippen LogP contribution in [0, 0.1) is 0 Å². The lowest BCUT2D eigenvalue weighted by Gasteiger charge is -2.21. The second-order valence-corrected chi connectivity index (χ2v) is 34.6. The highest BCUT2D eigenvalue weighted by molar-refractivity contribution is 7.30. The van der Waals surface area contributed by atoms with Crippen LogP contribution in [0.4, 0.5) is 0 Å². The van der Waals surface area contributed by atoms with Gasteiger partial charge < -0.3 is 10.3 Å². The third-order valence-electron chi connectivity index (χ3n) is 22.8. The van der Waals surface area contributed by atoms with Crippen molar-refractivity contribution in [3.63, 3.8) is 0 Å². The number of benzene rings is 8. The maximum atomic E-state index is 15.9. The number of aromatic nitrogens is 12. The molecule has 0 atom stereocenters. The van der Waals surface area contributed by atoms with Crippen molar-refractivity contribution in [1.29, 1.82) is 0 Å². The van der Waals surface area contributed by atoms with Gasteiger partial charge in [-0.3, -0.25) is 95.7 Å². The summed E-state index contributed by atoms with van der Waals surface area (Å²) >= 11 is 10.1. The van der Waals surface area contributed by atoms with Crippen molar-refractivity contribution in [3.05, 3.63) is 252 Å². The zero-order valence-corrected chi connectivity index (χ0v) is 61.9. The van der Waals surface area contributed by atoms with E-state index in [9.17, 15) is 43.2 Å². The number of nitrogens with zero attached hydrogens (tertiary/aromatic N) is 8. The standard InChI is InChI=1S/C82H30N14O12S6/c1-83-66-23-4-5-24-43-30(11-8-27(42(23)43)71(97)89-66)82(108)95-64-56-49-48-53(61(64)87-68(24)95)75(101)92-79(105)57(48)65-62(54(49)76(102)93-78(56)104)88-70-26-7-10-28-44-25(6-9-29(45(26)44)81(107)96(65)70)69-86-60-52-46-47-51(73(99)91-77(103)55(47)63(60)94(69)80(28)106)59-58(50(46)72(98)90-74(52)100)84-67(85-59)41-21-20-40(114-41)39-19-18-38(113-39)37-17-16-36(112-37)35-15-14-34(111-35)33-13-12-32(110-33)31-3-2-22-109-31/h2-22H,1H3,(H,84,85)(H,83,89,97)(H,90,98,100)(H,91,99,103)(H,92,101,105)(H,93,102,104). The number of H-pyrrole nitrogens is 5. The molecule has 8 aromatic carbocycles. The van der Waals surface area contributed by atoms with Crippen molar-refractivity contribution in [2.24, 2.45) is 4.99 Å². The van der Waals surface area contributed by atoms with Crippen LogP contribution < -0.4 is 66.5 Å². The Labute approximate surface area is 646 Å². The molecule has 0 unspecified atom stereocenters. The van der Waals surface area contributed by atoms with Gasteiger partial charge in [-0.05, 0) is 121 Å². The minimum Gasteiger partial charge on any atom is -0.337 e. The number of aliphatic imine (C=N–C) groups is 1. The van der Waals surface area contributed by atoms with Crippen molar-refractivity contribution in [1.82, 2.24) is 63.4 Å². The second kappa shape index (κ2) is 20.8. The van der Waals surface area contributed by atoms with Gasteiger partial charge in [0.1, 0.15) is 50.7 Å². The lowest BCUT2D eigenvalue weighted by molar-refractivity contribution is 0.0977. The lowest BCUT2D eigenvalue weighted by atomic mass is 9.91. The fraction of sp³-hybridized carbons (Fsp3) is 0.0122. The number of imidazole rings is 4. The number of nitrogens with one attached hydrogen (secondary N) is 6. The summed E-state index contributed by atoms with van der Waals surface area (Å²) in [6.07, 6.45) is 0. The van der Waals surface area contributed by atoms with Crippen LogP contribution in [-0.4, -0.2) is 76.8 Å². The van der Waals surface area contributed by atoms with Gasteiger partial charge in [-0.15, -0.1) is 68.0 Å². The van der Waals surface area contributed by atoms with E-state index in [-0.39, 0.29) is 175 Å². The first-order valence-corrected chi connectivity index (χ1v) is 40.0. The minimum absolute atomic E-state index is 0.0110. The number of rotatable bonds is 6. The van der Waals surface area contributed by atoms with Crippen LogP contribution in [0.3, 0.4) is 0 Å². The Balaban J connectivity index is 0.645. The first-order valence-electron chi connectivity index (χ1n) is 35.1. The number of thiophene rings is 6. The Morgan fingerprint density at radius 1 is 0.298 bits per heavy atom. The monoisotopic (exact) mass is 1590 g/mol. The molecule has 536 valence electrons.